The molecule has 0 N–H and O–H groups in total. The van der Waals surface area contributed by atoms with E-state index in [0.717, 1.165) is 28.7 Å². The minimum Gasteiger partial charge on any atom is -0.324 e. The first-order valence-corrected chi connectivity index (χ1v) is 11.1. The van der Waals surface area contributed by atoms with Crippen LogP contribution in [0.15, 0.2) is 59.3 Å². The molecule has 28 heavy (non-hydrogen) atoms. The molecule has 0 spiro atoms. The van der Waals surface area contributed by atoms with Crippen LogP contribution in [0.5, 0.6) is 0 Å². The molecular weight excluding hydrogens is 378 g/mol. The Hall–Kier alpha value is -1.71. The van der Waals surface area contributed by atoms with Gasteiger partial charge in [0.05, 0.1) is 5.35 Å². The third kappa shape index (κ3) is 7.37. The Morgan fingerprint density at radius 1 is 1.18 bits per heavy atom. The van der Waals surface area contributed by atoms with Gasteiger partial charge in [-0.2, -0.15) is 0 Å². The van der Waals surface area contributed by atoms with Gasteiger partial charge >= 0.3 is 0 Å². The van der Waals surface area contributed by atoms with Crippen LogP contribution in [-0.2, 0) is 6.54 Å². The van der Waals surface area contributed by atoms with Crippen molar-refractivity contribution < 1.29 is 0 Å². The molecule has 1 unspecified atom stereocenters. The maximum Gasteiger partial charge on any atom is 0.162 e. The molecule has 0 saturated heterocycles. The summed E-state index contributed by atoms with van der Waals surface area (Å²) in [5, 5.41) is 1.03. The third-order valence-corrected chi connectivity index (χ3v) is 6.40. The zero-order chi connectivity index (χ0) is 21.3. The smallest absolute Gasteiger partial charge is 0.162 e. The Bertz CT molecular complexity index is 957. The fourth-order valence-corrected chi connectivity index (χ4v) is 4.01. The van der Waals surface area contributed by atoms with Crippen LogP contribution in [0, 0.1) is 9.87 Å². The molecule has 0 fully saturated rings. The Balaban J connectivity index is 2.98. The standard InChI is InChI=1S/C25H35NS2/c1-9-16-26-22(8)24(28-25(26)27)17-23(10-2)15-14-21(7)20(6)13-11-12-19(5)18(3)4/h10-14,17,23H,2,8-9,15-16H2,1,3-7H3/b12-11-,20-13+,21-14+,24-17+. The molecule has 0 aromatic carbocycles. The summed E-state index contributed by atoms with van der Waals surface area (Å²) in [6, 6.07) is 0. The van der Waals surface area contributed by atoms with Crippen molar-refractivity contribution in [3.63, 3.8) is 0 Å². The lowest BCUT2D eigenvalue weighted by Crippen LogP contribution is -2.27. The summed E-state index contributed by atoms with van der Waals surface area (Å²) in [4.78, 5) is 0. The highest BCUT2D eigenvalue weighted by atomic mass is 32.1. The summed E-state index contributed by atoms with van der Waals surface area (Å²) in [5.74, 6) is 0.273. The summed E-state index contributed by atoms with van der Waals surface area (Å²) in [6.07, 6.45) is 15.0. The van der Waals surface area contributed by atoms with Crippen molar-refractivity contribution in [1.82, 2.24) is 4.57 Å². The van der Waals surface area contributed by atoms with E-state index in [1.165, 1.54) is 26.8 Å². The van der Waals surface area contributed by atoms with Gasteiger partial charge in [-0.3, -0.25) is 0 Å². The number of rotatable bonds is 9. The molecule has 3 heteroatoms. The molecule has 0 aliphatic heterocycles. The lowest BCUT2D eigenvalue weighted by atomic mass is 10.0. The van der Waals surface area contributed by atoms with Gasteiger partial charge in [-0.15, -0.1) is 17.9 Å². The second-order valence-corrected chi connectivity index (χ2v) is 9.09. The normalized spacial score (nSPS) is 14.6. The van der Waals surface area contributed by atoms with Crippen molar-refractivity contribution in [2.75, 3.05) is 0 Å². The largest absolute Gasteiger partial charge is 0.324 e. The minimum absolute atomic E-state index is 0.273. The van der Waals surface area contributed by atoms with E-state index >= 15 is 0 Å². The maximum atomic E-state index is 5.50. The van der Waals surface area contributed by atoms with Crippen molar-refractivity contribution >= 4 is 36.2 Å². The van der Waals surface area contributed by atoms with E-state index in [2.05, 4.69) is 89.6 Å². The van der Waals surface area contributed by atoms with Crippen molar-refractivity contribution in [1.29, 1.82) is 0 Å². The number of hydrogen-bond acceptors (Lipinski definition) is 2. The third-order valence-electron chi connectivity index (χ3n) is 4.94. The molecule has 1 nitrogen and oxygen atoms in total. The van der Waals surface area contributed by atoms with Gasteiger partial charge < -0.3 is 4.57 Å². The number of nitrogens with zero attached hydrogens (tertiary/aromatic N) is 1. The minimum atomic E-state index is 0.273. The molecular formula is C25H35NS2. The van der Waals surface area contributed by atoms with E-state index in [9.17, 15) is 0 Å². The van der Waals surface area contributed by atoms with Crippen LogP contribution in [0.1, 0.15) is 54.4 Å². The molecule has 1 atom stereocenters. The van der Waals surface area contributed by atoms with Crippen molar-refractivity contribution in [3.05, 3.63) is 73.1 Å². The molecule has 1 rings (SSSR count). The lowest BCUT2D eigenvalue weighted by Gasteiger charge is -2.06. The number of thiazole rings is 1. The predicted molar refractivity (Wildman–Crippen MR) is 132 cm³/mol. The van der Waals surface area contributed by atoms with Crippen molar-refractivity contribution in [3.8, 4) is 0 Å². The molecule has 0 aliphatic rings. The monoisotopic (exact) mass is 413 g/mol. The average Bonchev–Trinajstić information content (AvgIpc) is 2.92. The highest BCUT2D eigenvalue weighted by Crippen LogP contribution is 2.15. The number of hydrogen-bond donors (Lipinski definition) is 0. The van der Waals surface area contributed by atoms with Crippen LogP contribution in [0.2, 0.25) is 0 Å². The Morgan fingerprint density at radius 3 is 2.43 bits per heavy atom. The predicted octanol–water partition coefficient (Wildman–Crippen LogP) is 6.88. The zero-order valence-electron chi connectivity index (χ0n) is 18.3. The number of aromatic nitrogens is 1. The van der Waals surface area contributed by atoms with Gasteiger partial charge in [0.2, 0.25) is 0 Å². The van der Waals surface area contributed by atoms with Gasteiger partial charge in [0, 0.05) is 11.1 Å². The topological polar surface area (TPSA) is 4.93 Å². The van der Waals surface area contributed by atoms with Gasteiger partial charge in [0.25, 0.3) is 0 Å². The highest BCUT2D eigenvalue weighted by Gasteiger charge is 2.03. The maximum absolute atomic E-state index is 5.50. The first kappa shape index (κ1) is 24.3. The van der Waals surface area contributed by atoms with Crippen LogP contribution < -0.4 is 9.88 Å². The second kappa shape index (κ2) is 12.0. The molecule has 1 heterocycles. The summed E-state index contributed by atoms with van der Waals surface area (Å²) in [5.41, 5.74) is 5.24. The Kier molecular flexibility index (Phi) is 10.4. The highest BCUT2D eigenvalue weighted by molar-refractivity contribution is 7.73. The molecule has 0 aliphatic carbocycles. The van der Waals surface area contributed by atoms with E-state index in [1.54, 1.807) is 11.3 Å². The molecule has 152 valence electrons. The van der Waals surface area contributed by atoms with Gasteiger partial charge in [-0.05, 0) is 71.2 Å². The van der Waals surface area contributed by atoms with Crippen molar-refractivity contribution in [2.24, 2.45) is 5.92 Å². The van der Waals surface area contributed by atoms with Crippen LogP contribution >= 0.6 is 23.6 Å². The van der Waals surface area contributed by atoms with E-state index in [-0.39, 0.29) is 5.92 Å². The van der Waals surface area contributed by atoms with Crippen LogP contribution in [0.3, 0.4) is 0 Å². The van der Waals surface area contributed by atoms with E-state index in [0.29, 0.717) is 0 Å². The molecule has 0 bridgehead atoms. The summed E-state index contributed by atoms with van der Waals surface area (Å²) < 4.78 is 4.22. The first-order chi connectivity index (χ1) is 13.2. The molecule has 1 aromatic heterocycles. The average molecular weight is 414 g/mol. The Labute approximate surface area is 180 Å². The van der Waals surface area contributed by atoms with Crippen LogP contribution in [0.4, 0.5) is 0 Å². The second-order valence-electron chi connectivity index (χ2n) is 7.41. The molecule has 1 aromatic rings. The van der Waals surface area contributed by atoms with Gasteiger partial charge in [0.1, 0.15) is 0 Å². The van der Waals surface area contributed by atoms with Gasteiger partial charge in [-0.25, -0.2) is 0 Å². The summed E-state index contributed by atoms with van der Waals surface area (Å²) in [6.45, 7) is 22.1. The summed E-state index contributed by atoms with van der Waals surface area (Å²) >= 11 is 7.14. The molecule has 0 saturated carbocycles. The fourth-order valence-electron chi connectivity index (χ4n) is 2.57. The van der Waals surface area contributed by atoms with Gasteiger partial charge in [-0.1, -0.05) is 66.7 Å². The molecule has 0 radical (unpaired) electrons. The van der Waals surface area contributed by atoms with Crippen LogP contribution in [0.25, 0.3) is 12.7 Å². The van der Waals surface area contributed by atoms with E-state index in [1.807, 2.05) is 6.08 Å². The fraction of sp³-hybridized carbons (Fsp3) is 0.400. The number of allylic oxidation sites excluding steroid dienone is 9. The molecule has 0 amide bonds. The SMILES string of the molecule is C=CC(/C=c1/sc(=S)n(CCC)c1=C)C/C=C(C)/C(C)=C/C=C\C(C)=C(C)C. The zero-order valence-corrected chi connectivity index (χ0v) is 20.0. The van der Waals surface area contributed by atoms with E-state index < -0.39 is 0 Å². The first-order valence-electron chi connectivity index (χ1n) is 9.90. The summed E-state index contributed by atoms with van der Waals surface area (Å²) in [7, 11) is 0. The van der Waals surface area contributed by atoms with E-state index in [4.69, 9.17) is 12.2 Å². The van der Waals surface area contributed by atoms with Gasteiger partial charge in [0.15, 0.2) is 3.95 Å². The van der Waals surface area contributed by atoms with Crippen LogP contribution in [-0.4, -0.2) is 4.57 Å². The quantitative estimate of drug-likeness (QED) is 0.243. The lowest BCUT2D eigenvalue weighted by molar-refractivity contribution is 0.662. The van der Waals surface area contributed by atoms with Crippen molar-refractivity contribution in [2.45, 2.75) is 60.9 Å². The Morgan fingerprint density at radius 2 is 1.86 bits per heavy atom.